The maximum absolute atomic E-state index is 13.9. The lowest BCUT2D eigenvalue weighted by molar-refractivity contribution is -0.139. The Labute approximate surface area is 214 Å². The third-order valence-electron chi connectivity index (χ3n) is 6.31. The highest BCUT2D eigenvalue weighted by Crippen LogP contribution is 2.41. The van der Waals surface area contributed by atoms with E-state index in [2.05, 4.69) is 17.6 Å². The van der Waals surface area contributed by atoms with E-state index < -0.39 is 17.7 Å². The molecule has 1 aliphatic rings. The van der Waals surface area contributed by atoms with Crippen LogP contribution in [0.1, 0.15) is 68.0 Å². The summed E-state index contributed by atoms with van der Waals surface area (Å²) in [5.74, 6) is -0.338. The monoisotopic (exact) mass is 493 g/mol. The average molecular weight is 494 g/mol. The van der Waals surface area contributed by atoms with Gasteiger partial charge in [0.1, 0.15) is 18.2 Å². The molecule has 3 amide bonds. The molecule has 0 heterocycles. The van der Waals surface area contributed by atoms with Crippen LogP contribution < -0.4 is 10.6 Å². The van der Waals surface area contributed by atoms with E-state index >= 15 is 0 Å². The number of nitrogens with zero attached hydrogens (tertiary/aromatic N) is 1. The van der Waals surface area contributed by atoms with Gasteiger partial charge in [-0.2, -0.15) is 0 Å². The molecule has 3 atom stereocenters. The van der Waals surface area contributed by atoms with E-state index in [0.29, 0.717) is 0 Å². The van der Waals surface area contributed by atoms with Gasteiger partial charge in [0.2, 0.25) is 5.91 Å². The molecule has 0 saturated heterocycles. The van der Waals surface area contributed by atoms with Gasteiger partial charge < -0.3 is 20.3 Å². The smallest absolute Gasteiger partial charge is 0.408 e. The first-order valence-electron chi connectivity index (χ1n) is 12.5. The molecule has 7 heteroatoms. The first-order chi connectivity index (χ1) is 16.8. The normalized spacial score (nSPS) is 17.7. The highest BCUT2D eigenvalue weighted by molar-refractivity contribution is 5.99. The predicted molar refractivity (Wildman–Crippen MR) is 142 cm³/mol. The molecule has 0 spiro atoms. The number of ether oxygens (including phenoxy) is 1. The van der Waals surface area contributed by atoms with Crippen molar-refractivity contribution in [2.75, 3.05) is 11.9 Å². The van der Waals surface area contributed by atoms with Gasteiger partial charge in [-0.15, -0.1) is 0 Å². The number of anilines is 1. The molecule has 36 heavy (non-hydrogen) atoms. The summed E-state index contributed by atoms with van der Waals surface area (Å²) in [5, 5.41) is 5.67. The second-order valence-electron chi connectivity index (χ2n) is 11.0. The summed E-state index contributed by atoms with van der Waals surface area (Å²) in [6.07, 6.45) is 0.137. The fourth-order valence-corrected chi connectivity index (χ4v) is 4.57. The molecule has 0 bridgehead atoms. The van der Waals surface area contributed by atoms with Crippen molar-refractivity contribution in [3.8, 4) is 0 Å². The number of rotatable bonds is 7. The quantitative estimate of drug-likeness (QED) is 0.543. The maximum atomic E-state index is 13.9. The Morgan fingerprint density at radius 3 is 2.08 bits per heavy atom. The Bertz CT molecular complexity index is 1110. The SMILES string of the molecule is Cc1cc(C)cc(C(C(=O)Nc2c(C)cccc2C)N(C(=O)CNC(=O)OC(C)(C)C)C2CC2C)c1. The van der Waals surface area contributed by atoms with E-state index in [0.717, 1.165) is 39.9 Å². The van der Waals surface area contributed by atoms with E-state index in [1.54, 1.807) is 25.7 Å². The van der Waals surface area contributed by atoms with Crippen LogP contribution >= 0.6 is 0 Å². The molecule has 0 aliphatic heterocycles. The Kier molecular flexibility index (Phi) is 8.12. The summed E-state index contributed by atoms with van der Waals surface area (Å²) < 4.78 is 5.29. The Hall–Kier alpha value is -3.35. The second-order valence-corrected chi connectivity index (χ2v) is 11.0. The van der Waals surface area contributed by atoms with E-state index in [9.17, 15) is 14.4 Å². The molecule has 7 nitrogen and oxygen atoms in total. The van der Waals surface area contributed by atoms with Crippen LogP contribution in [-0.4, -0.2) is 41.0 Å². The van der Waals surface area contributed by atoms with Crippen molar-refractivity contribution in [2.24, 2.45) is 5.92 Å². The molecule has 2 aromatic carbocycles. The fraction of sp³-hybridized carbons (Fsp3) is 0.483. The van der Waals surface area contributed by atoms with Crippen molar-refractivity contribution in [1.82, 2.24) is 10.2 Å². The lowest BCUT2D eigenvalue weighted by Crippen LogP contribution is -2.48. The molecule has 3 unspecified atom stereocenters. The molecule has 1 saturated carbocycles. The maximum Gasteiger partial charge on any atom is 0.408 e. The Morgan fingerprint density at radius 1 is 1.03 bits per heavy atom. The molecule has 1 fully saturated rings. The van der Waals surface area contributed by atoms with Crippen LogP contribution in [0.2, 0.25) is 0 Å². The summed E-state index contributed by atoms with van der Waals surface area (Å²) in [6.45, 7) is 15.0. The van der Waals surface area contributed by atoms with E-state index in [1.165, 1.54) is 0 Å². The first-order valence-corrected chi connectivity index (χ1v) is 12.5. The highest BCUT2D eigenvalue weighted by Gasteiger charge is 2.46. The number of nitrogens with one attached hydrogen (secondary N) is 2. The lowest BCUT2D eigenvalue weighted by Gasteiger charge is -2.33. The van der Waals surface area contributed by atoms with Crippen molar-refractivity contribution in [3.63, 3.8) is 0 Å². The van der Waals surface area contributed by atoms with Crippen molar-refractivity contribution in [1.29, 1.82) is 0 Å². The summed E-state index contributed by atoms with van der Waals surface area (Å²) in [5.41, 5.74) is 4.75. The molecule has 3 rings (SSSR count). The second kappa shape index (κ2) is 10.7. The molecule has 2 N–H and O–H groups in total. The minimum Gasteiger partial charge on any atom is -0.444 e. The van der Waals surface area contributed by atoms with Gasteiger partial charge >= 0.3 is 6.09 Å². The van der Waals surface area contributed by atoms with Crippen LogP contribution in [0.15, 0.2) is 36.4 Å². The number of hydrogen-bond donors (Lipinski definition) is 2. The predicted octanol–water partition coefficient (Wildman–Crippen LogP) is 5.36. The van der Waals surface area contributed by atoms with Crippen LogP contribution in [0.5, 0.6) is 0 Å². The van der Waals surface area contributed by atoms with E-state index in [1.807, 2.05) is 64.1 Å². The van der Waals surface area contributed by atoms with Gasteiger partial charge in [-0.1, -0.05) is 54.4 Å². The fourth-order valence-electron chi connectivity index (χ4n) is 4.57. The number of benzene rings is 2. The largest absolute Gasteiger partial charge is 0.444 e. The molecular weight excluding hydrogens is 454 g/mol. The van der Waals surface area contributed by atoms with Gasteiger partial charge in [-0.3, -0.25) is 9.59 Å². The number of carbonyl (C=O) groups excluding carboxylic acids is 3. The number of alkyl carbamates (subject to hydrolysis) is 1. The van der Waals surface area contributed by atoms with Crippen LogP contribution in [-0.2, 0) is 14.3 Å². The van der Waals surface area contributed by atoms with Crippen LogP contribution in [0.25, 0.3) is 0 Å². The molecule has 194 valence electrons. The summed E-state index contributed by atoms with van der Waals surface area (Å²) in [7, 11) is 0. The van der Waals surface area contributed by atoms with Gasteiger partial charge in [-0.25, -0.2) is 4.79 Å². The zero-order chi connectivity index (χ0) is 26.8. The summed E-state index contributed by atoms with van der Waals surface area (Å²) >= 11 is 0. The summed E-state index contributed by atoms with van der Waals surface area (Å²) in [4.78, 5) is 41.4. The Morgan fingerprint density at radius 2 is 1.58 bits per heavy atom. The zero-order valence-corrected chi connectivity index (χ0v) is 22.7. The topological polar surface area (TPSA) is 87.7 Å². The number of hydrogen-bond acceptors (Lipinski definition) is 4. The highest BCUT2D eigenvalue weighted by atomic mass is 16.6. The van der Waals surface area contributed by atoms with Crippen molar-refractivity contribution >= 4 is 23.6 Å². The van der Waals surface area contributed by atoms with Gasteiger partial charge in [0, 0.05) is 11.7 Å². The molecular formula is C29H39N3O4. The average Bonchev–Trinajstić information content (AvgIpc) is 3.46. The molecule has 2 aromatic rings. The van der Waals surface area contributed by atoms with Crippen molar-refractivity contribution in [3.05, 3.63) is 64.2 Å². The first kappa shape index (κ1) is 27.2. The third-order valence-corrected chi connectivity index (χ3v) is 6.31. The van der Waals surface area contributed by atoms with Crippen molar-refractivity contribution in [2.45, 2.75) is 79.5 Å². The van der Waals surface area contributed by atoms with Gasteiger partial charge in [0.15, 0.2) is 0 Å². The van der Waals surface area contributed by atoms with Gasteiger partial charge in [-0.05, 0) is 77.5 Å². The van der Waals surface area contributed by atoms with E-state index in [-0.39, 0.29) is 30.3 Å². The Balaban J connectivity index is 1.97. The lowest BCUT2D eigenvalue weighted by atomic mass is 9.98. The standard InChI is InChI=1S/C29H39N3O4/c1-17-12-18(2)14-22(13-17)26(27(34)31-25-19(3)10-9-11-20(25)4)32(23-15-21(23)5)24(33)16-30-28(35)36-29(6,7)8/h9-14,21,23,26H,15-16H2,1-8H3,(H,30,35)(H,31,34). The van der Waals surface area contributed by atoms with Gasteiger partial charge in [0.05, 0.1) is 0 Å². The van der Waals surface area contributed by atoms with Crippen LogP contribution in [0.4, 0.5) is 10.5 Å². The summed E-state index contributed by atoms with van der Waals surface area (Å²) in [6, 6.07) is 10.9. The molecule has 0 radical (unpaired) electrons. The number of amides is 3. The van der Waals surface area contributed by atoms with E-state index in [4.69, 9.17) is 4.74 Å². The minimum atomic E-state index is -0.842. The molecule has 1 aliphatic carbocycles. The van der Waals surface area contributed by atoms with Crippen LogP contribution in [0.3, 0.4) is 0 Å². The number of aryl methyl sites for hydroxylation is 4. The van der Waals surface area contributed by atoms with Crippen molar-refractivity contribution < 1.29 is 19.1 Å². The zero-order valence-electron chi connectivity index (χ0n) is 22.7. The van der Waals surface area contributed by atoms with Crippen LogP contribution in [0, 0.1) is 33.6 Å². The minimum absolute atomic E-state index is 0.0903. The molecule has 0 aromatic heterocycles. The number of para-hydroxylation sites is 1. The third kappa shape index (κ3) is 6.86. The number of carbonyl (C=O) groups is 3. The van der Waals surface area contributed by atoms with Gasteiger partial charge in [0.25, 0.3) is 5.91 Å².